The fraction of sp³-hybridized carbons (Fsp3) is 0.417. The van der Waals surface area contributed by atoms with E-state index in [0.29, 0.717) is 62.1 Å². The van der Waals surface area contributed by atoms with Gasteiger partial charge in [-0.15, -0.1) is 0 Å². The van der Waals surface area contributed by atoms with Crippen molar-refractivity contribution in [1.29, 1.82) is 0 Å². The van der Waals surface area contributed by atoms with Gasteiger partial charge in [0, 0.05) is 43.6 Å². The van der Waals surface area contributed by atoms with Gasteiger partial charge in [-0.2, -0.15) is 5.10 Å². The largest absolute Gasteiger partial charge is 0.497 e. The molecule has 3 heterocycles. The van der Waals surface area contributed by atoms with E-state index < -0.39 is 0 Å². The summed E-state index contributed by atoms with van der Waals surface area (Å²) in [6.45, 7) is 3.10. The average molecular weight is 437 g/mol. The van der Waals surface area contributed by atoms with E-state index >= 15 is 0 Å². The minimum Gasteiger partial charge on any atom is -0.497 e. The summed E-state index contributed by atoms with van der Waals surface area (Å²) in [4.78, 5) is 42.2. The second-order valence-electron chi connectivity index (χ2n) is 8.35. The fourth-order valence-electron chi connectivity index (χ4n) is 4.24. The number of likely N-dealkylation sites (tertiary alicyclic amines) is 1. The van der Waals surface area contributed by atoms with Crippen LogP contribution in [-0.4, -0.2) is 51.4 Å². The smallest absolute Gasteiger partial charge is 0.275 e. The Balaban J connectivity index is 1.25. The van der Waals surface area contributed by atoms with Gasteiger partial charge < -0.3 is 14.6 Å². The summed E-state index contributed by atoms with van der Waals surface area (Å²) in [5, 5.41) is 4.43. The fourth-order valence-corrected chi connectivity index (χ4v) is 4.24. The lowest BCUT2D eigenvalue weighted by Gasteiger charge is -2.31. The van der Waals surface area contributed by atoms with Crippen LogP contribution in [0.3, 0.4) is 0 Å². The Kier molecular flexibility index (Phi) is 6.39. The number of piperidine rings is 1. The number of carbonyl (C=O) groups excluding carboxylic acids is 2. The Labute approximate surface area is 186 Å². The van der Waals surface area contributed by atoms with Crippen LogP contribution in [0.5, 0.6) is 5.75 Å². The molecule has 8 nitrogen and oxygen atoms in total. The van der Waals surface area contributed by atoms with E-state index in [0.717, 1.165) is 11.3 Å². The average Bonchev–Trinajstić information content (AvgIpc) is 3.19. The molecule has 1 saturated heterocycles. The summed E-state index contributed by atoms with van der Waals surface area (Å²) >= 11 is 0. The minimum atomic E-state index is -0.168. The third-order valence-electron chi connectivity index (χ3n) is 6.05. The van der Waals surface area contributed by atoms with Crippen LogP contribution in [0.15, 0.2) is 41.3 Å². The Morgan fingerprint density at radius 1 is 1.19 bits per heavy atom. The van der Waals surface area contributed by atoms with E-state index in [9.17, 15) is 14.4 Å². The lowest BCUT2D eigenvalue weighted by atomic mass is 9.88. The summed E-state index contributed by atoms with van der Waals surface area (Å²) in [6.07, 6.45) is 4.70. The first-order chi connectivity index (χ1) is 15.4. The number of hydrogen-bond donors (Lipinski definition) is 1. The van der Waals surface area contributed by atoms with Crippen molar-refractivity contribution in [2.24, 2.45) is 5.92 Å². The lowest BCUT2D eigenvalue weighted by Crippen LogP contribution is -2.40. The second-order valence-corrected chi connectivity index (χ2v) is 8.35. The first-order valence-electron chi connectivity index (χ1n) is 11.0. The molecular weight excluding hydrogens is 408 g/mol. The number of aromatic nitrogens is 3. The number of aryl methyl sites for hydroxylation is 2. The van der Waals surface area contributed by atoms with E-state index in [-0.39, 0.29) is 23.2 Å². The van der Waals surface area contributed by atoms with Gasteiger partial charge in [0.15, 0.2) is 5.78 Å². The Morgan fingerprint density at radius 2 is 1.91 bits per heavy atom. The highest BCUT2D eigenvalue weighted by Crippen LogP contribution is 2.23. The molecule has 0 atom stereocenters. The number of carbonyl (C=O) groups is 2. The van der Waals surface area contributed by atoms with Gasteiger partial charge in [-0.3, -0.25) is 14.4 Å². The zero-order valence-electron chi connectivity index (χ0n) is 18.5. The Hall–Kier alpha value is -3.42. The van der Waals surface area contributed by atoms with Gasteiger partial charge in [-0.1, -0.05) is 0 Å². The molecule has 0 bridgehead atoms. The molecule has 2 aromatic heterocycles. The van der Waals surface area contributed by atoms with Crippen LogP contribution in [-0.2, 0) is 11.2 Å². The number of rotatable bonds is 7. The zero-order chi connectivity index (χ0) is 22.7. The van der Waals surface area contributed by atoms with E-state index in [2.05, 4.69) is 10.1 Å². The maximum absolute atomic E-state index is 12.7. The molecule has 0 aliphatic carbocycles. The van der Waals surface area contributed by atoms with Gasteiger partial charge >= 0.3 is 0 Å². The third-order valence-corrected chi connectivity index (χ3v) is 6.05. The molecular formula is C24H28N4O4. The number of Topliss-reactive ketones (excluding diaryl/α,β-unsaturated/α-hetero) is 1. The standard InChI is InChI=1S/C24H28N4O4/c1-16-14-20-24(31)25-21(26-28(20)15-16)4-3-5-22(29)27-12-10-18(11-13-27)23(30)17-6-8-19(32-2)9-7-17/h6-9,14-15,18H,3-5,10-13H2,1-2H3,(H,25,26,31). The van der Waals surface area contributed by atoms with Crippen LogP contribution >= 0.6 is 0 Å². The molecule has 1 N–H and O–H groups in total. The van der Waals surface area contributed by atoms with Crippen LogP contribution in [0, 0.1) is 12.8 Å². The summed E-state index contributed by atoms with van der Waals surface area (Å²) in [5.41, 5.74) is 2.02. The van der Waals surface area contributed by atoms with E-state index in [1.54, 1.807) is 42.0 Å². The summed E-state index contributed by atoms with van der Waals surface area (Å²) in [5.74, 6) is 1.46. The number of fused-ring (bicyclic) bond motifs is 1. The molecule has 0 saturated carbocycles. The molecule has 1 aromatic carbocycles. The molecule has 32 heavy (non-hydrogen) atoms. The quantitative estimate of drug-likeness (QED) is 0.575. The van der Waals surface area contributed by atoms with Crippen LogP contribution in [0.4, 0.5) is 0 Å². The molecule has 0 spiro atoms. The SMILES string of the molecule is COc1ccc(C(=O)C2CCN(C(=O)CCCc3nn4cc(C)cc4c(=O)[nH]3)CC2)cc1. The summed E-state index contributed by atoms with van der Waals surface area (Å²) < 4.78 is 6.74. The number of benzene rings is 1. The van der Waals surface area contributed by atoms with Gasteiger partial charge in [0.05, 0.1) is 7.11 Å². The third kappa shape index (κ3) is 4.74. The van der Waals surface area contributed by atoms with E-state index in [1.165, 1.54) is 0 Å². The second kappa shape index (κ2) is 9.38. The molecule has 0 unspecified atom stereocenters. The number of nitrogens with one attached hydrogen (secondary N) is 1. The lowest BCUT2D eigenvalue weighted by molar-refractivity contribution is -0.132. The Morgan fingerprint density at radius 3 is 2.59 bits per heavy atom. The van der Waals surface area contributed by atoms with Gasteiger partial charge in [-0.05, 0) is 62.1 Å². The zero-order valence-corrected chi connectivity index (χ0v) is 18.5. The first-order valence-corrected chi connectivity index (χ1v) is 11.0. The molecule has 1 fully saturated rings. The predicted molar refractivity (Wildman–Crippen MR) is 120 cm³/mol. The maximum atomic E-state index is 12.7. The molecule has 1 aliphatic rings. The van der Waals surface area contributed by atoms with Crippen LogP contribution in [0.25, 0.3) is 5.52 Å². The molecule has 3 aromatic rings. The maximum Gasteiger partial charge on any atom is 0.275 e. The molecule has 4 rings (SSSR count). The highest BCUT2D eigenvalue weighted by molar-refractivity contribution is 5.98. The number of aromatic amines is 1. The normalized spacial score (nSPS) is 14.6. The van der Waals surface area contributed by atoms with Crippen molar-refractivity contribution < 1.29 is 14.3 Å². The van der Waals surface area contributed by atoms with Gasteiger partial charge in [0.25, 0.3) is 5.56 Å². The minimum absolute atomic E-state index is 0.0570. The summed E-state index contributed by atoms with van der Waals surface area (Å²) in [6, 6.07) is 8.97. The highest BCUT2D eigenvalue weighted by Gasteiger charge is 2.27. The first kappa shape index (κ1) is 21.8. The van der Waals surface area contributed by atoms with Gasteiger partial charge in [0.2, 0.25) is 5.91 Å². The van der Waals surface area contributed by atoms with Crippen molar-refractivity contribution in [3.8, 4) is 5.75 Å². The van der Waals surface area contributed by atoms with Crippen LogP contribution in [0.1, 0.15) is 47.4 Å². The number of nitrogens with zero attached hydrogens (tertiary/aromatic N) is 3. The number of ketones is 1. The van der Waals surface area contributed by atoms with Crippen LogP contribution in [0.2, 0.25) is 0 Å². The van der Waals surface area contributed by atoms with Crippen molar-refractivity contribution in [2.75, 3.05) is 20.2 Å². The molecule has 168 valence electrons. The topological polar surface area (TPSA) is 96.8 Å². The van der Waals surface area contributed by atoms with Crippen molar-refractivity contribution in [2.45, 2.75) is 39.0 Å². The van der Waals surface area contributed by atoms with Crippen molar-refractivity contribution in [1.82, 2.24) is 19.5 Å². The number of methoxy groups -OCH3 is 1. The van der Waals surface area contributed by atoms with E-state index in [4.69, 9.17) is 4.74 Å². The van der Waals surface area contributed by atoms with Gasteiger partial charge in [0.1, 0.15) is 17.1 Å². The number of ether oxygens (including phenoxy) is 1. The van der Waals surface area contributed by atoms with Crippen molar-refractivity contribution >= 4 is 17.2 Å². The molecule has 0 radical (unpaired) electrons. The van der Waals surface area contributed by atoms with E-state index in [1.807, 2.05) is 18.0 Å². The summed E-state index contributed by atoms with van der Waals surface area (Å²) in [7, 11) is 1.60. The predicted octanol–water partition coefficient (Wildman–Crippen LogP) is 2.78. The molecule has 1 amide bonds. The van der Waals surface area contributed by atoms with Crippen molar-refractivity contribution in [3.63, 3.8) is 0 Å². The monoisotopic (exact) mass is 436 g/mol. The van der Waals surface area contributed by atoms with Crippen LogP contribution < -0.4 is 10.3 Å². The number of H-pyrrole nitrogens is 1. The highest BCUT2D eigenvalue weighted by atomic mass is 16.5. The van der Waals surface area contributed by atoms with Crippen molar-refractivity contribution in [3.05, 3.63) is 63.8 Å². The molecule has 1 aliphatic heterocycles. The molecule has 8 heteroatoms. The number of hydrogen-bond acceptors (Lipinski definition) is 5. The Bertz CT molecular complexity index is 1170. The number of amides is 1. The van der Waals surface area contributed by atoms with Gasteiger partial charge in [-0.25, -0.2) is 4.52 Å².